The predicted octanol–water partition coefficient (Wildman–Crippen LogP) is 2.14. The SMILES string of the molecule is CCNC(=O)c1cc(Cl)c(Cl)cn1. The number of aromatic nitrogens is 1. The van der Waals surface area contributed by atoms with Crippen LogP contribution in [0.1, 0.15) is 17.4 Å². The molecular formula is C8H8Cl2N2O. The van der Waals surface area contributed by atoms with Gasteiger partial charge in [-0.25, -0.2) is 4.98 Å². The van der Waals surface area contributed by atoms with Crippen molar-refractivity contribution >= 4 is 29.1 Å². The number of hydrogen-bond acceptors (Lipinski definition) is 2. The summed E-state index contributed by atoms with van der Waals surface area (Å²) in [5, 5.41) is 3.28. The van der Waals surface area contributed by atoms with Gasteiger partial charge in [0.25, 0.3) is 5.91 Å². The number of halogens is 2. The van der Waals surface area contributed by atoms with Gasteiger partial charge in [-0.3, -0.25) is 4.79 Å². The minimum Gasteiger partial charge on any atom is -0.351 e. The molecule has 0 aromatic carbocycles. The zero-order chi connectivity index (χ0) is 9.84. The maximum atomic E-state index is 11.2. The van der Waals surface area contributed by atoms with E-state index in [4.69, 9.17) is 23.2 Å². The quantitative estimate of drug-likeness (QED) is 0.827. The van der Waals surface area contributed by atoms with Gasteiger partial charge >= 0.3 is 0 Å². The molecule has 0 saturated heterocycles. The Labute approximate surface area is 86.1 Å². The summed E-state index contributed by atoms with van der Waals surface area (Å²) in [7, 11) is 0. The molecule has 1 aromatic heterocycles. The van der Waals surface area contributed by atoms with Crippen LogP contribution >= 0.6 is 23.2 Å². The van der Waals surface area contributed by atoms with E-state index in [9.17, 15) is 4.79 Å². The second-order valence-corrected chi connectivity index (χ2v) is 3.16. The number of hydrogen-bond donors (Lipinski definition) is 1. The smallest absolute Gasteiger partial charge is 0.269 e. The first-order valence-corrected chi connectivity index (χ1v) is 4.50. The maximum absolute atomic E-state index is 11.2. The molecule has 1 aromatic rings. The zero-order valence-corrected chi connectivity index (χ0v) is 8.49. The summed E-state index contributed by atoms with van der Waals surface area (Å²) in [4.78, 5) is 15.1. The second kappa shape index (κ2) is 4.44. The summed E-state index contributed by atoms with van der Waals surface area (Å²) in [6, 6.07) is 1.44. The van der Waals surface area contributed by atoms with Gasteiger partial charge in [0.15, 0.2) is 0 Å². The van der Waals surface area contributed by atoms with E-state index in [0.29, 0.717) is 16.6 Å². The third-order valence-corrected chi connectivity index (χ3v) is 2.09. The maximum Gasteiger partial charge on any atom is 0.269 e. The van der Waals surface area contributed by atoms with Crippen LogP contribution in [-0.4, -0.2) is 17.4 Å². The van der Waals surface area contributed by atoms with Gasteiger partial charge in [-0.15, -0.1) is 0 Å². The molecule has 1 N–H and O–H groups in total. The Morgan fingerprint density at radius 3 is 2.77 bits per heavy atom. The summed E-state index contributed by atoms with van der Waals surface area (Å²) >= 11 is 11.3. The standard InChI is InChI=1S/C8H8Cl2N2O/c1-2-11-8(13)7-3-5(9)6(10)4-12-7/h3-4H,2H2,1H3,(H,11,13). The van der Waals surface area contributed by atoms with Gasteiger partial charge in [0, 0.05) is 12.7 Å². The lowest BCUT2D eigenvalue weighted by Gasteiger charge is -2.01. The van der Waals surface area contributed by atoms with Crippen molar-refractivity contribution in [2.24, 2.45) is 0 Å². The van der Waals surface area contributed by atoms with Crippen molar-refractivity contribution in [1.29, 1.82) is 0 Å². The van der Waals surface area contributed by atoms with Crippen LogP contribution in [0.4, 0.5) is 0 Å². The predicted molar refractivity (Wildman–Crippen MR) is 52.3 cm³/mol. The van der Waals surface area contributed by atoms with E-state index < -0.39 is 0 Å². The van der Waals surface area contributed by atoms with E-state index in [1.807, 2.05) is 6.92 Å². The van der Waals surface area contributed by atoms with Gasteiger partial charge in [0.1, 0.15) is 5.69 Å². The Hall–Kier alpha value is -0.800. The van der Waals surface area contributed by atoms with Crippen LogP contribution in [-0.2, 0) is 0 Å². The topological polar surface area (TPSA) is 42.0 Å². The Morgan fingerprint density at radius 1 is 1.54 bits per heavy atom. The summed E-state index contributed by atoms with van der Waals surface area (Å²) in [5.41, 5.74) is 0.274. The average molecular weight is 219 g/mol. The number of amides is 1. The lowest BCUT2D eigenvalue weighted by molar-refractivity contribution is 0.0951. The zero-order valence-electron chi connectivity index (χ0n) is 6.97. The molecule has 5 heteroatoms. The fraction of sp³-hybridized carbons (Fsp3) is 0.250. The van der Waals surface area contributed by atoms with Gasteiger partial charge in [-0.1, -0.05) is 23.2 Å². The Kier molecular flexibility index (Phi) is 3.51. The molecule has 1 rings (SSSR count). The van der Waals surface area contributed by atoms with Crippen molar-refractivity contribution in [2.45, 2.75) is 6.92 Å². The largest absolute Gasteiger partial charge is 0.351 e. The number of rotatable bonds is 2. The van der Waals surface area contributed by atoms with Crippen LogP contribution in [0.5, 0.6) is 0 Å². The number of nitrogens with zero attached hydrogens (tertiary/aromatic N) is 1. The number of carbonyl (C=O) groups is 1. The van der Waals surface area contributed by atoms with Crippen molar-refractivity contribution in [3.63, 3.8) is 0 Å². The normalized spacial score (nSPS) is 9.77. The van der Waals surface area contributed by atoms with Crippen molar-refractivity contribution in [2.75, 3.05) is 6.54 Å². The molecule has 70 valence electrons. The summed E-state index contributed by atoms with van der Waals surface area (Å²) < 4.78 is 0. The van der Waals surface area contributed by atoms with Crippen LogP contribution in [0, 0.1) is 0 Å². The van der Waals surface area contributed by atoms with Gasteiger partial charge < -0.3 is 5.32 Å². The number of carbonyl (C=O) groups excluding carboxylic acids is 1. The molecule has 1 amide bonds. The van der Waals surface area contributed by atoms with Gasteiger partial charge in [0.2, 0.25) is 0 Å². The first-order valence-electron chi connectivity index (χ1n) is 3.74. The summed E-state index contributed by atoms with van der Waals surface area (Å²) in [6.45, 7) is 2.39. The highest BCUT2D eigenvalue weighted by molar-refractivity contribution is 6.42. The molecule has 0 aliphatic heterocycles. The van der Waals surface area contributed by atoms with E-state index in [-0.39, 0.29) is 11.6 Å². The Balaban J connectivity index is 2.90. The van der Waals surface area contributed by atoms with Gasteiger partial charge in [-0.2, -0.15) is 0 Å². The van der Waals surface area contributed by atoms with E-state index >= 15 is 0 Å². The highest BCUT2D eigenvalue weighted by Crippen LogP contribution is 2.20. The van der Waals surface area contributed by atoms with E-state index in [1.165, 1.54) is 12.3 Å². The molecule has 1 heterocycles. The molecule has 0 fully saturated rings. The Bertz CT molecular complexity index is 328. The minimum absolute atomic E-state index is 0.249. The summed E-state index contributed by atoms with van der Waals surface area (Å²) in [6.07, 6.45) is 1.36. The minimum atomic E-state index is -0.249. The van der Waals surface area contributed by atoms with Crippen molar-refractivity contribution in [3.8, 4) is 0 Å². The third kappa shape index (κ3) is 2.57. The lowest BCUT2D eigenvalue weighted by Crippen LogP contribution is -2.23. The molecule has 0 radical (unpaired) electrons. The van der Waals surface area contributed by atoms with E-state index in [1.54, 1.807) is 0 Å². The monoisotopic (exact) mass is 218 g/mol. The van der Waals surface area contributed by atoms with Gasteiger partial charge in [-0.05, 0) is 13.0 Å². The van der Waals surface area contributed by atoms with E-state index in [0.717, 1.165) is 0 Å². The fourth-order valence-electron chi connectivity index (χ4n) is 0.789. The highest BCUT2D eigenvalue weighted by Gasteiger charge is 2.07. The van der Waals surface area contributed by atoms with Crippen LogP contribution in [0.25, 0.3) is 0 Å². The first kappa shape index (κ1) is 10.3. The molecule has 3 nitrogen and oxygen atoms in total. The lowest BCUT2D eigenvalue weighted by atomic mass is 10.3. The molecule has 0 atom stereocenters. The Morgan fingerprint density at radius 2 is 2.23 bits per heavy atom. The number of nitrogens with one attached hydrogen (secondary N) is 1. The third-order valence-electron chi connectivity index (χ3n) is 1.38. The molecule has 13 heavy (non-hydrogen) atoms. The summed E-state index contributed by atoms with van der Waals surface area (Å²) in [5.74, 6) is -0.249. The number of pyridine rings is 1. The van der Waals surface area contributed by atoms with E-state index in [2.05, 4.69) is 10.3 Å². The van der Waals surface area contributed by atoms with Crippen LogP contribution in [0.2, 0.25) is 10.0 Å². The van der Waals surface area contributed by atoms with Crippen LogP contribution in [0.15, 0.2) is 12.3 Å². The van der Waals surface area contributed by atoms with Gasteiger partial charge in [0.05, 0.1) is 10.0 Å². The second-order valence-electron chi connectivity index (χ2n) is 2.34. The molecule has 0 spiro atoms. The van der Waals surface area contributed by atoms with Crippen molar-refractivity contribution in [1.82, 2.24) is 10.3 Å². The average Bonchev–Trinajstić information content (AvgIpc) is 2.10. The molecule has 0 saturated carbocycles. The van der Waals surface area contributed by atoms with Crippen molar-refractivity contribution in [3.05, 3.63) is 28.0 Å². The van der Waals surface area contributed by atoms with Crippen molar-refractivity contribution < 1.29 is 4.79 Å². The molecule has 0 unspecified atom stereocenters. The molecular weight excluding hydrogens is 211 g/mol. The highest BCUT2D eigenvalue weighted by atomic mass is 35.5. The van der Waals surface area contributed by atoms with Crippen LogP contribution in [0.3, 0.4) is 0 Å². The molecule has 0 bridgehead atoms. The fourth-order valence-corrected chi connectivity index (χ4v) is 1.04. The molecule has 0 aliphatic carbocycles. The molecule has 0 aliphatic rings. The first-order chi connectivity index (χ1) is 6.15. The van der Waals surface area contributed by atoms with Crippen LogP contribution < -0.4 is 5.32 Å².